The van der Waals surface area contributed by atoms with E-state index >= 15 is 0 Å². The normalized spacial score (nSPS) is 12.3. The Morgan fingerprint density at radius 2 is 2.15 bits per heavy atom. The van der Waals surface area contributed by atoms with Crippen LogP contribution in [0.5, 0.6) is 5.75 Å². The van der Waals surface area contributed by atoms with Crippen LogP contribution < -0.4 is 10.1 Å². The van der Waals surface area contributed by atoms with Crippen LogP contribution in [0.3, 0.4) is 0 Å². The number of aromatic nitrogens is 2. The Morgan fingerprint density at radius 3 is 2.81 bits per heavy atom. The van der Waals surface area contributed by atoms with Gasteiger partial charge in [0.25, 0.3) is 0 Å². The maximum Gasteiger partial charge on any atom is 0.244 e. The number of nitrogens with one attached hydrogen (secondary N) is 1. The van der Waals surface area contributed by atoms with Crippen LogP contribution in [0.1, 0.15) is 22.3 Å². The minimum Gasteiger partial charge on any atom is -0.496 e. The van der Waals surface area contributed by atoms with Gasteiger partial charge in [-0.1, -0.05) is 29.8 Å². The van der Waals surface area contributed by atoms with Gasteiger partial charge in [-0.15, -0.1) is 11.3 Å². The molecule has 1 aromatic carbocycles. The van der Waals surface area contributed by atoms with E-state index in [9.17, 15) is 4.79 Å². The molecule has 0 fully saturated rings. The van der Waals surface area contributed by atoms with E-state index in [1.54, 1.807) is 25.4 Å². The van der Waals surface area contributed by atoms with Gasteiger partial charge in [0.1, 0.15) is 17.6 Å². The van der Waals surface area contributed by atoms with Crippen molar-refractivity contribution in [3.8, 4) is 5.75 Å². The first-order valence-electron chi connectivity index (χ1n) is 7.92. The SMILES string of the molecule is COc1ccccc1C(NC(=O)/C=C/c1ccc(Cl)s1)c1nccn1C. The van der Waals surface area contributed by atoms with E-state index in [0.717, 1.165) is 16.3 Å². The van der Waals surface area contributed by atoms with Crippen molar-refractivity contribution in [2.75, 3.05) is 7.11 Å². The van der Waals surface area contributed by atoms with Gasteiger partial charge in [-0.3, -0.25) is 4.79 Å². The number of methoxy groups -OCH3 is 1. The molecule has 26 heavy (non-hydrogen) atoms. The second kappa shape index (κ2) is 8.21. The molecule has 134 valence electrons. The molecule has 2 heterocycles. The molecule has 0 radical (unpaired) electrons. The van der Waals surface area contributed by atoms with Crippen LogP contribution in [-0.2, 0) is 11.8 Å². The van der Waals surface area contributed by atoms with Crippen molar-refractivity contribution in [3.05, 3.63) is 75.5 Å². The number of carbonyl (C=O) groups is 1. The lowest BCUT2D eigenvalue weighted by molar-refractivity contribution is -0.117. The Bertz CT molecular complexity index is 932. The summed E-state index contributed by atoms with van der Waals surface area (Å²) in [5, 5.41) is 3.01. The summed E-state index contributed by atoms with van der Waals surface area (Å²) in [6.45, 7) is 0. The fourth-order valence-electron chi connectivity index (χ4n) is 2.61. The monoisotopic (exact) mass is 387 g/mol. The van der Waals surface area contributed by atoms with Crippen molar-refractivity contribution in [1.29, 1.82) is 0 Å². The molecular formula is C19H18ClN3O2S. The second-order valence-corrected chi connectivity index (χ2v) is 7.30. The molecule has 0 bridgehead atoms. The highest BCUT2D eigenvalue weighted by Gasteiger charge is 2.23. The number of hydrogen-bond acceptors (Lipinski definition) is 4. The largest absolute Gasteiger partial charge is 0.496 e. The molecule has 3 aromatic rings. The minimum absolute atomic E-state index is 0.228. The summed E-state index contributed by atoms with van der Waals surface area (Å²) in [6, 6.07) is 10.8. The number of rotatable bonds is 6. The number of amides is 1. The Morgan fingerprint density at radius 1 is 1.35 bits per heavy atom. The van der Waals surface area contributed by atoms with Gasteiger partial charge in [0, 0.05) is 36.0 Å². The molecule has 1 N–H and O–H groups in total. The van der Waals surface area contributed by atoms with Crippen LogP contribution in [0.2, 0.25) is 4.34 Å². The first kappa shape index (κ1) is 18.2. The summed E-state index contributed by atoms with van der Waals surface area (Å²) in [7, 11) is 3.50. The number of hydrogen-bond donors (Lipinski definition) is 1. The number of carbonyl (C=O) groups excluding carboxylic acids is 1. The van der Waals surface area contributed by atoms with Crippen LogP contribution in [-0.4, -0.2) is 22.6 Å². The number of halogens is 1. The van der Waals surface area contributed by atoms with E-state index < -0.39 is 6.04 Å². The van der Waals surface area contributed by atoms with E-state index in [4.69, 9.17) is 16.3 Å². The standard InChI is InChI=1S/C19H18ClN3O2S/c1-23-12-11-21-19(23)18(14-5-3-4-6-15(14)25-2)22-17(24)10-8-13-7-9-16(20)26-13/h3-12,18H,1-2H3,(H,22,24)/b10-8+. The smallest absolute Gasteiger partial charge is 0.244 e. The molecule has 0 saturated heterocycles. The van der Waals surface area contributed by atoms with Crippen molar-refractivity contribution >= 4 is 34.9 Å². The van der Waals surface area contributed by atoms with Gasteiger partial charge in [-0.25, -0.2) is 4.98 Å². The van der Waals surface area contributed by atoms with E-state index in [2.05, 4.69) is 10.3 Å². The number of imidazole rings is 1. The number of ether oxygens (including phenoxy) is 1. The third-order valence-corrected chi connectivity index (χ3v) is 5.04. The summed E-state index contributed by atoms with van der Waals surface area (Å²) in [6.07, 6.45) is 6.78. The summed E-state index contributed by atoms with van der Waals surface area (Å²) in [5.74, 6) is 1.18. The van der Waals surface area contributed by atoms with E-state index in [1.165, 1.54) is 17.4 Å². The average Bonchev–Trinajstić information content (AvgIpc) is 3.26. The molecular weight excluding hydrogens is 370 g/mol. The van der Waals surface area contributed by atoms with Crippen molar-refractivity contribution in [3.63, 3.8) is 0 Å². The Kier molecular flexibility index (Phi) is 5.75. The Labute approximate surface area is 160 Å². The quantitative estimate of drug-likeness (QED) is 0.649. The van der Waals surface area contributed by atoms with E-state index in [0.29, 0.717) is 10.1 Å². The lowest BCUT2D eigenvalue weighted by Crippen LogP contribution is -2.30. The highest BCUT2D eigenvalue weighted by molar-refractivity contribution is 7.17. The van der Waals surface area contributed by atoms with Crippen LogP contribution in [0.4, 0.5) is 0 Å². The Balaban J connectivity index is 1.88. The zero-order chi connectivity index (χ0) is 18.5. The molecule has 3 rings (SSSR count). The molecule has 0 aliphatic carbocycles. The third-order valence-electron chi connectivity index (χ3n) is 3.85. The van der Waals surface area contributed by atoms with Crippen LogP contribution in [0, 0.1) is 0 Å². The molecule has 2 aromatic heterocycles. The number of thiophene rings is 1. The molecule has 1 atom stereocenters. The molecule has 5 nitrogen and oxygen atoms in total. The van der Waals surface area contributed by atoms with Gasteiger partial charge in [0.2, 0.25) is 5.91 Å². The predicted molar refractivity (Wildman–Crippen MR) is 105 cm³/mol. The first-order valence-corrected chi connectivity index (χ1v) is 9.12. The summed E-state index contributed by atoms with van der Waals surface area (Å²) >= 11 is 7.33. The van der Waals surface area contributed by atoms with Gasteiger partial charge in [0.05, 0.1) is 11.4 Å². The highest BCUT2D eigenvalue weighted by Crippen LogP contribution is 2.29. The fraction of sp³-hybridized carbons (Fsp3) is 0.158. The lowest BCUT2D eigenvalue weighted by Gasteiger charge is -2.20. The summed E-state index contributed by atoms with van der Waals surface area (Å²) in [4.78, 5) is 17.8. The van der Waals surface area contributed by atoms with Crippen molar-refractivity contribution in [2.45, 2.75) is 6.04 Å². The molecule has 7 heteroatoms. The molecule has 0 aliphatic heterocycles. The number of para-hydroxylation sites is 1. The summed E-state index contributed by atoms with van der Waals surface area (Å²) in [5.41, 5.74) is 0.838. The zero-order valence-corrected chi connectivity index (χ0v) is 15.9. The van der Waals surface area contributed by atoms with Gasteiger partial charge in [-0.2, -0.15) is 0 Å². The predicted octanol–water partition coefficient (Wildman–Crippen LogP) is 4.06. The van der Waals surface area contributed by atoms with Crippen molar-refractivity contribution < 1.29 is 9.53 Å². The van der Waals surface area contributed by atoms with Crippen LogP contribution in [0.25, 0.3) is 6.08 Å². The fourth-order valence-corrected chi connectivity index (χ4v) is 3.57. The van der Waals surface area contributed by atoms with Gasteiger partial charge in [0.15, 0.2) is 0 Å². The highest BCUT2D eigenvalue weighted by atomic mass is 35.5. The molecule has 1 unspecified atom stereocenters. The van der Waals surface area contributed by atoms with Crippen LogP contribution >= 0.6 is 22.9 Å². The Hall–Kier alpha value is -2.57. The number of aryl methyl sites for hydroxylation is 1. The zero-order valence-electron chi connectivity index (χ0n) is 14.3. The third kappa shape index (κ3) is 4.15. The van der Waals surface area contributed by atoms with E-state index in [1.807, 2.05) is 48.1 Å². The van der Waals surface area contributed by atoms with Crippen molar-refractivity contribution in [2.24, 2.45) is 7.05 Å². The average molecular weight is 388 g/mol. The van der Waals surface area contributed by atoms with Crippen molar-refractivity contribution in [1.82, 2.24) is 14.9 Å². The molecule has 1 amide bonds. The molecule has 0 saturated carbocycles. The number of benzene rings is 1. The van der Waals surface area contributed by atoms with Gasteiger partial charge < -0.3 is 14.6 Å². The van der Waals surface area contributed by atoms with Crippen LogP contribution in [0.15, 0.2) is 54.9 Å². The lowest BCUT2D eigenvalue weighted by atomic mass is 10.0. The minimum atomic E-state index is -0.435. The molecule has 0 aliphatic rings. The second-order valence-electron chi connectivity index (χ2n) is 5.56. The maximum absolute atomic E-state index is 12.5. The molecule has 0 spiro atoms. The number of nitrogens with zero attached hydrogens (tertiary/aromatic N) is 2. The van der Waals surface area contributed by atoms with E-state index in [-0.39, 0.29) is 5.91 Å². The van der Waals surface area contributed by atoms with Gasteiger partial charge >= 0.3 is 0 Å². The summed E-state index contributed by atoms with van der Waals surface area (Å²) < 4.78 is 8.02. The van der Waals surface area contributed by atoms with Gasteiger partial charge in [-0.05, 0) is 24.3 Å². The topological polar surface area (TPSA) is 56.1 Å². The maximum atomic E-state index is 12.5. The first-order chi connectivity index (χ1) is 12.6.